The van der Waals surface area contributed by atoms with Crippen LogP contribution in [0.1, 0.15) is 6.92 Å². The molecule has 0 spiro atoms. The molecule has 0 aromatic heterocycles. The molecule has 1 rings (SSSR count). The first-order valence-corrected chi connectivity index (χ1v) is 3.48. The molecule has 0 bridgehead atoms. The van der Waals surface area contributed by atoms with E-state index in [-0.39, 0.29) is 35.0 Å². The fourth-order valence-electron chi connectivity index (χ4n) is 0.667. The average molecular weight is 205 g/mol. The van der Waals surface area contributed by atoms with Gasteiger partial charge in [0.2, 0.25) is 5.78 Å². The van der Waals surface area contributed by atoms with Crippen LogP contribution in [-0.2, 0) is 9.59 Å². The summed E-state index contributed by atoms with van der Waals surface area (Å²) in [6.45, 7) is 1.17. The zero-order chi connectivity index (χ0) is 8.97. The number of Topliss-reactive ketones (excluding diaryl/α,β-unsaturated/α-hetero) is 1. The monoisotopic (exact) mass is 205 g/mol. The van der Waals surface area contributed by atoms with Crippen LogP contribution in [-0.4, -0.2) is 46.8 Å². The van der Waals surface area contributed by atoms with Crippen LogP contribution in [0.2, 0.25) is 0 Å². The Morgan fingerprint density at radius 1 is 1.14 bits per heavy atom. The molecule has 1 aromatic rings. The Morgan fingerprint density at radius 3 is 2.07 bits per heavy atom. The minimum atomic E-state index is -0.832. The molecule has 1 aromatic carbocycles. The van der Waals surface area contributed by atoms with Crippen molar-refractivity contribution in [2.45, 2.75) is 6.92 Å². The summed E-state index contributed by atoms with van der Waals surface area (Å²) in [4.78, 5) is 21.2. The Balaban J connectivity index is 0. The molecule has 0 unspecified atom stereocenters. The molecular weight excluding hydrogens is 195 g/mol. The number of para-hydroxylation sites is 1. The third kappa shape index (κ3) is 5.14. The molecule has 4 nitrogen and oxygen atoms in total. The van der Waals surface area contributed by atoms with E-state index in [0.29, 0.717) is 5.75 Å². The quantitative estimate of drug-likeness (QED) is 0.294. The van der Waals surface area contributed by atoms with Crippen LogP contribution >= 0.6 is 0 Å². The Labute approximate surface area is 104 Å². The van der Waals surface area contributed by atoms with Gasteiger partial charge >= 0.3 is 5.97 Å². The van der Waals surface area contributed by atoms with Gasteiger partial charge in [0.1, 0.15) is 5.75 Å². The minimum absolute atomic E-state index is 0. The molecule has 2 N–H and O–H groups in total. The minimum Gasteiger partial charge on any atom is -0.421 e. The van der Waals surface area contributed by atoms with E-state index >= 15 is 0 Å². The van der Waals surface area contributed by atoms with Gasteiger partial charge in [0.25, 0.3) is 0 Å². The molecule has 0 saturated carbocycles. The predicted octanol–water partition coefficient (Wildman–Crippen LogP) is -0.0245. The van der Waals surface area contributed by atoms with Gasteiger partial charge in [0.15, 0.2) is 0 Å². The van der Waals surface area contributed by atoms with Gasteiger partial charge in [-0.2, -0.15) is 0 Å². The standard InChI is InChI=1S/C9H8O3.Na.H2O/c1-7(10)9(11)12-8-5-3-2-4-6-8;;/h2-6H,1H3;;1H2. The van der Waals surface area contributed by atoms with E-state index < -0.39 is 11.8 Å². The first-order chi connectivity index (χ1) is 5.70. The molecule has 0 aliphatic carbocycles. The number of hydrogen-bond acceptors (Lipinski definition) is 3. The number of carbonyl (C=O) groups is 2. The molecule has 0 atom stereocenters. The summed E-state index contributed by atoms with van der Waals surface area (Å²) in [5.74, 6) is -1.04. The van der Waals surface area contributed by atoms with E-state index in [1.807, 2.05) is 0 Å². The van der Waals surface area contributed by atoms with Crippen LogP contribution in [0, 0.1) is 0 Å². The fraction of sp³-hybridized carbons (Fsp3) is 0.111. The molecule has 0 amide bonds. The van der Waals surface area contributed by atoms with Crippen LogP contribution in [0.3, 0.4) is 0 Å². The van der Waals surface area contributed by atoms with Crippen LogP contribution < -0.4 is 4.74 Å². The predicted molar refractivity (Wildman–Crippen MR) is 52.1 cm³/mol. The maximum absolute atomic E-state index is 10.7. The number of ketones is 1. The molecule has 14 heavy (non-hydrogen) atoms. The third-order valence-electron chi connectivity index (χ3n) is 1.24. The van der Waals surface area contributed by atoms with Crippen LogP contribution in [0.25, 0.3) is 0 Å². The van der Waals surface area contributed by atoms with Crippen molar-refractivity contribution >= 4 is 41.3 Å². The Morgan fingerprint density at radius 2 is 1.64 bits per heavy atom. The van der Waals surface area contributed by atoms with Gasteiger partial charge in [-0.3, -0.25) is 4.79 Å². The maximum Gasteiger partial charge on any atom is 0.379 e. The van der Waals surface area contributed by atoms with Gasteiger partial charge in [-0.1, -0.05) is 18.2 Å². The van der Waals surface area contributed by atoms with E-state index in [1.54, 1.807) is 30.3 Å². The van der Waals surface area contributed by atoms with Crippen LogP contribution in [0.5, 0.6) is 5.75 Å². The van der Waals surface area contributed by atoms with E-state index in [0.717, 1.165) is 0 Å². The number of benzene rings is 1. The summed E-state index contributed by atoms with van der Waals surface area (Å²) < 4.78 is 4.69. The fourth-order valence-corrected chi connectivity index (χ4v) is 0.667. The number of ether oxygens (including phenoxy) is 1. The summed E-state index contributed by atoms with van der Waals surface area (Å²) in [5.41, 5.74) is 0. The van der Waals surface area contributed by atoms with E-state index in [9.17, 15) is 9.59 Å². The number of carbonyl (C=O) groups excluding carboxylic acids is 2. The molecule has 1 radical (unpaired) electrons. The van der Waals surface area contributed by atoms with Crippen LogP contribution in [0.15, 0.2) is 30.3 Å². The second kappa shape index (κ2) is 7.70. The largest absolute Gasteiger partial charge is 0.421 e. The summed E-state index contributed by atoms with van der Waals surface area (Å²) >= 11 is 0. The van der Waals surface area contributed by atoms with Crippen LogP contribution in [0.4, 0.5) is 0 Å². The van der Waals surface area contributed by atoms with Gasteiger partial charge in [0.05, 0.1) is 0 Å². The zero-order valence-electron chi connectivity index (χ0n) is 8.11. The zero-order valence-corrected chi connectivity index (χ0v) is 10.1. The summed E-state index contributed by atoms with van der Waals surface area (Å²) in [5, 5.41) is 0. The number of esters is 1. The first-order valence-electron chi connectivity index (χ1n) is 3.48. The van der Waals surface area contributed by atoms with Crippen molar-refractivity contribution in [1.82, 2.24) is 0 Å². The Hall–Kier alpha value is -0.680. The van der Waals surface area contributed by atoms with Crippen molar-refractivity contribution in [3.05, 3.63) is 30.3 Å². The third-order valence-corrected chi connectivity index (χ3v) is 1.24. The van der Waals surface area contributed by atoms with Gasteiger partial charge in [-0.15, -0.1) is 0 Å². The maximum atomic E-state index is 10.7. The first kappa shape index (κ1) is 15.8. The second-order valence-electron chi connectivity index (χ2n) is 2.26. The second-order valence-corrected chi connectivity index (χ2v) is 2.26. The van der Waals surface area contributed by atoms with Crippen molar-refractivity contribution < 1.29 is 19.8 Å². The summed E-state index contributed by atoms with van der Waals surface area (Å²) in [7, 11) is 0. The number of hydrogen-bond donors (Lipinski definition) is 0. The molecule has 0 saturated heterocycles. The van der Waals surface area contributed by atoms with Crippen molar-refractivity contribution in [1.29, 1.82) is 0 Å². The Kier molecular flexibility index (Phi) is 8.68. The summed E-state index contributed by atoms with van der Waals surface area (Å²) in [6.07, 6.45) is 0. The molecule has 0 heterocycles. The number of rotatable bonds is 2. The molecule has 5 heteroatoms. The van der Waals surface area contributed by atoms with Gasteiger partial charge in [-0.25, -0.2) is 4.79 Å². The average Bonchev–Trinajstić information content (AvgIpc) is 2.06. The van der Waals surface area contributed by atoms with Gasteiger partial charge in [-0.05, 0) is 12.1 Å². The molecule has 71 valence electrons. The van der Waals surface area contributed by atoms with Crippen molar-refractivity contribution in [3.8, 4) is 5.75 Å². The SMILES string of the molecule is CC(=O)C(=O)Oc1ccccc1.O.[Na]. The topological polar surface area (TPSA) is 74.9 Å². The molecular formula is C9H10NaO4. The van der Waals surface area contributed by atoms with Gasteiger partial charge < -0.3 is 10.2 Å². The molecule has 0 fully saturated rings. The van der Waals surface area contributed by atoms with Crippen molar-refractivity contribution in [2.75, 3.05) is 0 Å². The van der Waals surface area contributed by atoms with E-state index in [1.165, 1.54) is 6.92 Å². The molecule has 0 aliphatic heterocycles. The molecule has 0 aliphatic rings. The van der Waals surface area contributed by atoms with Gasteiger partial charge in [0, 0.05) is 36.5 Å². The van der Waals surface area contributed by atoms with Crippen molar-refractivity contribution in [3.63, 3.8) is 0 Å². The van der Waals surface area contributed by atoms with E-state index in [2.05, 4.69) is 4.74 Å². The smallest absolute Gasteiger partial charge is 0.379 e. The Bertz CT molecular complexity index is 297. The van der Waals surface area contributed by atoms with E-state index in [4.69, 9.17) is 0 Å². The van der Waals surface area contributed by atoms with Crippen molar-refractivity contribution in [2.24, 2.45) is 0 Å². The summed E-state index contributed by atoms with van der Waals surface area (Å²) in [6, 6.07) is 8.47. The normalized spacial score (nSPS) is 7.79.